The standard InChI is InChI=1S/C26H30N6O2/c1-3-8-20-18(4-2)15-21(34-20)32-23(19-11-13-28-14-12-19)29-22-24(32)30-26(27)31-25(22)33-16-17-9-6-5-7-10-17/h5-7,9-14,18,20-21H,3-4,8,15-16H2,1-2H3,(H2,27,30,31). The molecule has 176 valence electrons. The highest BCUT2D eigenvalue weighted by Gasteiger charge is 2.37. The molecule has 1 saturated heterocycles. The van der Waals surface area contributed by atoms with E-state index in [4.69, 9.17) is 20.2 Å². The number of aromatic nitrogens is 5. The molecule has 0 amide bonds. The smallest absolute Gasteiger partial charge is 0.247 e. The second kappa shape index (κ2) is 9.77. The number of anilines is 1. The van der Waals surface area contributed by atoms with Crippen molar-refractivity contribution in [3.05, 3.63) is 60.4 Å². The molecule has 4 heterocycles. The Morgan fingerprint density at radius 2 is 1.85 bits per heavy atom. The molecule has 34 heavy (non-hydrogen) atoms. The highest BCUT2D eigenvalue weighted by atomic mass is 16.5. The highest BCUT2D eigenvalue weighted by Crippen LogP contribution is 2.42. The first-order chi connectivity index (χ1) is 16.7. The molecule has 1 aliphatic rings. The maximum atomic E-state index is 6.59. The van der Waals surface area contributed by atoms with Crippen LogP contribution < -0.4 is 10.5 Å². The van der Waals surface area contributed by atoms with Gasteiger partial charge in [-0.05, 0) is 36.5 Å². The Labute approximate surface area is 199 Å². The number of ether oxygens (including phenoxy) is 2. The van der Waals surface area contributed by atoms with Crippen molar-refractivity contribution >= 4 is 17.1 Å². The minimum absolute atomic E-state index is 0.146. The Balaban J connectivity index is 1.60. The Bertz CT molecular complexity index is 1240. The van der Waals surface area contributed by atoms with Crippen molar-refractivity contribution in [2.24, 2.45) is 5.92 Å². The van der Waals surface area contributed by atoms with Gasteiger partial charge in [-0.2, -0.15) is 9.97 Å². The molecule has 5 rings (SSSR count). The Kier molecular flexibility index (Phi) is 6.40. The summed E-state index contributed by atoms with van der Waals surface area (Å²) in [5.41, 5.74) is 9.31. The van der Waals surface area contributed by atoms with Crippen LogP contribution in [-0.2, 0) is 11.3 Å². The zero-order chi connectivity index (χ0) is 23.5. The zero-order valence-corrected chi connectivity index (χ0v) is 19.6. The molecule has 3 unspecified atom stereocenters. The lowest BCUT2D eigenvalue weighted by Gasteiger charge is -2.18. The van der Waals surface area contributed by atoms with Gasteiger partial charge in [0.25, 0.3) is 0 Å². The Morgan fingerprint density at radius 3 is 2.59 bits per heavy atom. The number of benzene rings is 1. The van der Waals surface area contributed by atoms with Crippen LogP contribution in [0, 0.1) is 5.92 Å². The van der Waals surface area contributed by atoms with Crippen LogP contribution in [-0.4, -0.2) is 30.6 Å². The summed E-state index contributed by atoms with van der Waals surface area (Å²) >= 11 is 0. The third-order valence-electron chi connectivity index (χ3n) is 6.43. The summed E-state index contributed by atoms with van der Waals surface area (Å²) in [4.78, 5) is 18.1. The summed E-state index contributed by atoms with van der Waals surface area (Å²) in [6.45, 7) is 4.79. The molecule has 8 heteroatoms. The fourth-order valence-corrected chi connectivity index (χ4v) is 4.73. The topological polar surface area (TPSA) is 101 Å². The molecule has 0 aliphatic carbocycles. The second-order valence-electron chi connectivity index (χ2n) is 8.70. The molecule has 8 nitrogen and oxygen atoms in total. The second-order valence-corrected chi connectivity index (χ2v) is 8.70. The van der Waals surface area contributed by atoms with Crippen LogP contribution in [0.3, 0.4) is 0 Å². The molecule has 0 saturated carbocycles. The average molecular weight is 459 g/mol. The highest BCUT2D eigenvalue weighted by molar-refractivity contribution is 5.82. The third-order valence-corrected chi connectivity index (χ3v) is 6.43. The number of imidazole rings is 1. The lowest BCUT2D eigenvalue weighted by Crippen LogP contribution is -2.15. The average Bonchev–Trinajstić information content (AvgIpc) is 3.45. The van der Waals surface area contributed by atoms with E-state index in [1.807, 2.05) is 42.5 Å². The maximum Gasteiger partial charge on any atom is 0.247 e. The fraction of sp³-hybridized carbons (Fsp3) is 0.385. The van der Waals surface area contributed by atoms with Gasteiger partial charge in [-0.25, -0.2) is 4.98 Å². The van der Waals surface area contributed by atoms with Gasteiger partial charge in [0.1, 0.15) is 18.7 Å². The van der Waals surface area contributed by atoms with Crippen molar-refractivity contribution in [1.82, 2.24) is 24.5 Å². The molecule has 3 atom stereocenters. The predicted molar refractivity (Wildman–Crippen MR) is 131 cm³/mol. The minimum atomic E-state index is -0.189. The molecular weight excluding hydrogens is 428 g/mol. The summed E-state index contributed by atoms with van der Waals surface area (Å²) in [5.74, 6) is 1.75. The number of fused-ring (bicyclic) bond motifs is 1. The van der Waals surface area contributed by atoms with E-state index in [2.05, 4.69) is 33.4 Å². The summed E-state index contributed by atoms with van der Waals surface area (Å²) in [6, 6.07) is 13.8. The molecule has 0 bridgehead atoms. The number of nitrogens with two attached hydrogens (primary N) is 1. The van der Waals surface area contributed by atoms with Crippen LogP contribution in [0.15, 0.2) is 54.9 Å². The monoisotopic (exact) mass is 458 g/mol. The summed E-state index contributed by atoms with van der Waals surface area (Å²) in [5, 5.41) is 0. The van der Waals surface area contributed by atoms with Gasteiger partial charge in [-0.3, -0.25) is 9.55 Å². The summed E-state index contributed by atoms with van der Waals surface area (Å²) < 4.78 is 14.8. The largest absolute Gasteiger partial charge is 0.471 e. The van der Waals surface area contributed by atoms with Crippen LogP contribution in [0.25, 0.3) is 22.6 Å². The van der Waals surface area contributed by atoms with Gasteiger partial charge < -0.3 is 15.2 Å². The van der Waals surface area contributed by atoms with Gasteiger partial charge in [0.15, 0.2) is 11.2 Å². The minimum Gasteiger partial charge on any atom is -0.471 e. The first-order valence-corrected chi connectivity index (χ1v) is 12.0. The number of pyridine rings is 1. The quantitative estimate of drug-likeness (QED) is 0.389. The normalized spacial score (nSPS) is 20.1. The zero-order valence-electron chi connectivity index (χ0n) is 19.6. The fourth-order valence-electron chi connectivity index (χ4n) is 4.73. The first-order valence-electron chi connectivity index (χ1n) is 12.0. The molecule has 2 N–H and O–H groups in total. The van der Waals surface area contributed by atoms with Gasteiger partial charge >= 0.3 is 0 Å². The van der Waals surface area contributed by atoms with Gasteiger partial charge in [0, 0.05) is 18.0 Å². The van der Waals surface area contributed by atoms with Gasteiger partial charge in [0.05, 0.1) is 6.10 Å². The van der Waals surface area contributed by atoms with E-state index in [0.29, 0.717) is 29.6 Å². The molecular formula is C26H30N6O2. The molecule has 0 radical (unpaired) electrons. The van der Waals surface area contributed by atoms with Crippen molar-refractivity contribution in [3.63, 3.8) is 0 Å². The molecule has 3 aromatic heterocycles. The maximum absolute atomic E-state index is 6.59. The molecule has 1 fully saturated rings. The van der Waals surface area contributed by atoms with E-state index < -0.39 is 0 Å². The van der Waals surface area contributed by atoms with E-state index in [1.165, 1.54) is 0 Å². The molecule has 4 aromatic rings. The van der Waals surface area contributed by atoms with Crippen LogP contribution in [0.1, 0.15) is 51.3 Å². The van der Waals surface area contributed by atoms with Crippen molar-refractivity contribution in [2.75, 3.05) is 5.73 Å². The predicted octanol–water partition coefficient (Wildman–Crippen LogP) is 5.16. The Hall–Kier alpha value is -3.52. The van der Waals surface area contributed by atoms with E-state index in [9.17, 15) is 0 Å². The van der Waals surface area contributed by atoms with Crippen LogP contribution in [0.4, 0.5) is 5.95 Å². The van der Waals surface area contributed by atoms with Gasteiger partial charge in [-0.1, -0.05) is 57.0 Å². The summed E-state index contributed by atoms with van der Waals surface area (Å²) in [7, 11) is 0. The number of nitrogen functional groups attached to an aromatic ring is 1. The third kappa shape index (κ3) is 4.33. The summed E-state index contributed by atoms with van der Waals surface area (Å²) in [6.07, 6.45) is 7.64. The van der Waals surface area contributed by atoms with Crippen molar-refractivity contribution in [1.29, 1.82) is 0 Å². The number of hydrogen-bond acceptors (Lipinski definition) is 7. The number of nitrogens with zero attached hydrogens (tertiary/aromatic N) is 5. The van der Waals surface area contributed by atoms with E-state index in [1.54, 1.807) is 12.4 Å². The van der Waals surface area contributed by atoms with E-state index in [0.717, 1.165) is 42.6 Å². The van der Waals surface area contributed by atoms with Crippen LogP contribution >= 0.6 is 0 Å². The van der Waals surface area contributed by atoms with E-state index in [-0.39, 0.29) is 18.3 Å². The number of hydrogen-bond donors (Lipinski definition) is 1. The van der Waals surface area contributed by atoms with E-state index >= 15 is 0 Å². The van der Waals surface area contributed by atoms with Crippen LogP contribution in [0.2, 0.25) is 0 Å². The molecule has 1 aromatic carbocycles. The lowest BCUT2D eigenvalue weighted by molar-refractivity contribution is -0.00620. The van der Waals surface area contributed by atoms with Crippen molar-refractivity contribution in [2.45, 2.75) is 58.5 Å². The SMILES string of the molecule is CCCC1OC(n2c(-c3ccncc3)nc3c(OCc4ccccc4)nc(N)nc32)CC1CC. The van der Waals surface area contributed by atoms with Gasteiger partial charge in [0.2, 0.25) is 11.8 Å². The van der Waals surface area contributed by atoms with Crippen molar-refractivity contribution in [3.8, 4) is 17.3 Å². The number of rotatable bonds is 8. The molecule has 0 spiro atoms. The van der Waals surface area contributed by atoms with Crippen LogP contribution in [0.5, 0.6) is 5.88 Å². The first kappa shape index (κ1) is 22.3. The Morgan fingerprint density at radius 1 is 1.06 bits per heavy atom. The van der Waals surface area contributed by atoms with Gasteiger partial charge in [-0.15, -0.1) is 0 Å². The lowest BCUT2D eigenvalue weighted by atomic mass is 9.95. The molecule has 1 aliphatic heterocycles. The van der Waals surface area contributed by atoms with Crippen molar-refractivity contribution < 1.29 is 9.47 Å².